The van der Waals surface area contributed by atoms with Gasteiger partial charge in [0, 0.05) is 11.1 Å². The second kappa shape index (κ2) is 5.40. The average Bonchev–Trinajstić information content (AvgIpc) is 2.81. The highest BCUT2D eigenvalue weighted by atomic mass is 32.1. The molecule has 0 aliphatic heterocycles. The molecule has 1 unspecified atom stereocenters. The Morgan fingerprint density at radius 2 is 2.22 bits per heavy atom. The third-order valence-corrected chi connectivity index (χ3v) is 4.19. The number of aryl methyl sites for hydroxylation is 2. The Morgan fingerprint density at radius 1 is 1.44 bits per heavy atom. The fourth-order valence-corrected chi connectivity index (χ4v) is 2.65. The van der Waals surface area contributed by atoms with Gasteiger partial charge in [0.2, 0.25) is 0 Å². The zero-order valence-corrected chi connectivity index (χ0v) is 11.8. The minimum absolute atomic E-state index is 0.181. The topological polar surface area (TPSA) is 50.9 Å². The Bertz CT molecular complexity index is 534. The molecule has 0 saturated heterocycles. The Labute approximate surface area is 112 Å². The van der Waals surface area contributed by atoms with Crippen LogP contribution >= 0.6 is 11.3 Å². The van der Waals surface area contributed by atoms with Gasteiger partial charge in [-0.25, -0.2) is 4.98 Å². The molecule has 2 rings (SSSR count). The Kier molecular flexibility index (Phi) is 3.87. The van der Waals surface area contributed by atoms with E-state index in [1.807, 2.05) is 25.3 Å². The van der Waals surface area contributed by atoms with Gasteiger partial charge in [-0.05, 0) is 38.0 Å². The summed E-state index contributed by atoms with van der Waals surface area (Å²) in [4.78, 5) is 5.76. The van der Waals surface area contributed by atoms with E-state index >= 15 is 0 Å². The molecule has 1 atom stereocenters. The summed E-state index contributed by atoms with van der Waals surface area (Å²) >= 11 is 1.75. The SMILES string of the molecule is CCc1cnc(C(C)Nc2ccc(C)cc2N)s1. The van der Waals surface area contributed by atoms with E-state index in [0.717, 1.165) is 22.8 Å². The van der Waals surface area contributed by atoms with Gasteiger partial charge >= 0.3 is 0 Å². The van der Waals surface area contributed by atoms with Crippen molar-refractivity contribution in [2.45, 2.75) is 33.2 Å². The van der Waals surface area contributed by atoms with Crippen LogP contribution in [-0.4, -0.2) is 4.98 Å². The van der Waals surface area contributed by atoms with E-state index in [2.05, 4.69) is 30.2 Å². The largest absolute Gasteiger partial charge is 0.397 e. The first-order chi connectivity index (χ1) is 8.60. The zero-order valence-electron chi connectivity index (χ0n) is 11.0. The van der Waals surface area contributed by atoms with Gasteiger partial charge in [0.1, 0.15) is 5.01 Å². The number of rotatable bonds is 4. The maximum absolute atomic E-state index is 6.00. The summed E-state index contributed by atoms with van der Waals surface area (Å²) < 4.78 is 0. The lowest BCUT2D eigenvalue weighted by atomic mass is 10.2. The molecule has 3 N–H and O–H groups in total. The van der Waals surface area contributed by atoms with Crippen molar-refractivity contribution in [2.24, 2.45) is 0 Å². The summed E-state index contributed by atoms with van der Waals surface area (Å²) in [5.74, 6) is 0. The van der Waals surface area contributed by atoms with E-state index in [1.165, 1.54) is 10.4 Å². The highest BCUT2D eigenvalue weighted by molar-refractivity contribution is 7.11. The van der Waals surface area contributed by atoms with Crippen LogP contribution < -0.4 is 11.1 Å². The predicted octanol–water partition coefficient (Wildman–Crippen LogP) is 3.77. The summed E-state index contributed by atoms with van der Waals surface area (Å²) in [6.07, 6.45) is 2.99. The molecule has 96 valence electrons. The molecule has 1 aromatic heterocycles. The first-order valence-electron chi connectivity index (χ1n) is 6.17. The zero-order chi connectivity index (χ0) is 13.1. The summed E-state index contributed by atoms with van der Waals surface area (Å²) in [5.41, 5.74) is 8.93. The van der Waals surface area contributed by atoms with Gasteiger partial charge in [-0.15, -0.1) is 11.3 Å². The van der Waals surface area contributed by atoms with Gasteiger partial charge in [-0.3, -0.25) is 0 Å². The summed E-state index contributed by atoms with van der Waals surface area (Å²) in [5, 5.41) is 4.52. The summed E-state index contributed by atoms with van der Waals surface area (Å²) in [6, 6.07) is 6.24. The standard InChI is InChI=1S/C14H19N3S/c1-4-11-8-16-14(18-11)10(3)17-13-6-5-9(2)7-12(13)15/h5-8,10,17H,4,15H2,1-3H3. The van der Waals surface area contributed by atoms with Crippen molar-refractivity contribution in [3.8, 4) is 0 Å². The van der Waals surface area contributed by atoms with Crippen molar-refractivity contribution in [1.29, 1.82) is 0 Å². The maximum atomic E-state index is 6.00. The molecular weight excluding hydrogens is 242 g/mol. The molecule has 0 radical (unpaired) electrons. The van der Waals surface area contributed by atoms with Crippen molar-refractivity contribution in [1.82, 2.24) is 4.98 Å². The van der Waals surface area contributed by atoms with Gasteiger partial charge in [0.25, 0.3) is 0 Å². The van der Waals surface area contributed by atoms with Crippen LogP contribution in [0.1, 0.15) is 35.3 Å². The average molecular weight is 261 g/mol. The van der Waals surface area contributed by atoms with Gasteiger partial charge < -0.3 is 11.1 Å². The van der Waals surface area contributed by atoms with Crippen molar-refractivity contribution in [3.05, 3.63) is 39.8 Å². The lowest BCUT2D eigenvalue weighted by molar-refractivity contribution is 0.870. The Balaban J connectivity index is 2.13. The van der Waals surface area contributed by atoms with Gasteiger partial charge in [0.05, 0.1) is 17.4 Å². The molecule has 1 aromatic carbocycles. The molecule has 4 heteroatoms. The monoisotopic (exact) mass is 261 g/mol. The highest BCUT2D eigenvalue weighted by Gasteiger charge is 2.11. The van der Waals surface area contributed by atoms with Crippen LogP contribution in [0.2, 0.25) is 0 Å². The molecule has 2 aromatic rings. The third kappa shape index (κ3) is 2.82. The number of nitrogens with zero attached hydrogens (tertiary/aromatic N) is 1. The molecule has 0 amide bonds. The molecular formula is C14H19N3S. The number of thiazole rings is 1. The molecule has 0 spiro atoms. The second-order valence-electron chi connectivity index (χ2n) is 4.48. The number of nitrogens with two attached hydrogens (primary N) is 1. The van der Waals surface area contributed by atoms with Gasteiger partial charge in [-0.1, -0.05) is 13.0 Å². The van der Waals surface area contributed by atoms with E-state index in [1.54, 1.807) is 11.3 Å². The minimum Gasteiger partial charge on any atom is -0.397 e. The van der Waals surface area contributed by atoms with Crippen LogP contribution in [0.3, 0.4) is 0 Å². The van der Waals surface area contributed by atoms with E-state index in [-0.39, 0.29) is 6.04 Å². The number of anilines is 2. The van der Waals surface area contributed by atoms with Crippen LogP contribution in [-0.2, 0) is 6.42 Å². The fraction of sp³-hybridized carbons (Fsp3) is 0.357. The molecule has 0 fully saturated rings. The summed E-state index contributed by atoms with van der Waals surface area (Å²) in [7, 11) is 0. The van der Waals surface area contributed by atoms with Crippen LogP contribution in [0.5, 0.6) is 0 Å². The first-order valence-corrected chi connectivity index (χ1v) is 6.99. The van der Waals surface area contributed by atoms with Crippen LogP contribution in [0.15, 0.2) is 24.4 Å². The van der Waals surface area contributed by atoms with Gasteiger partial charge in [-0.2, -0.15) is 0 Å². The van der Waals surface area contributed by atoms with Gasteiger partial charge in [0.15, 0.2) is 0 Å². The first kappa shape index (κ1) is 12.9. The quantitative estimate of drug-likeness (QED) is 0.824. The minimum atomic E-state index is 0.181. The molecule has 3 nitrogen and oxygen atoms in total. The lowest BCUT2D eigenvalue weighted by Crippen LogP contribution is -2.08. The molecule has 18 heavy (non-hydrogen) atoms. The van der Waals surface area contributed by atoms with Crippen LogP contribution in [0.25, 0.3) is 0 Å². The second-order valence-corrected chi connectivity index (χ2v) is 5.62. The molecule has 0 aliphatic carbocycles. The normalized spacial score (nSPS) is 12.4. The smallest absolute Gasteiger partial charge is 0.115 e. The van der Waals surface area contributed by atoms with E-state index in [4.69, 9.17) is 5.73 Å². The van der Waals surface area contributed by atoms with E-state index < -0.39 is 0 Å². The van der Waals surface area contributed by atoms with Crippen molar-refractivity contribution >= 4 is 22.7 Å². The van der Waals surface area contributed by atoms with E-state index in [9.17, 15) is 0 Å². The summed E-state index contributed by atoms with van der Waals surface area (Å²) in [6.45, 7) is 6.29. The number of benzene rings is 1. The van der Waals surface area contributed by atoms with Crippen molar-refractivity contribution in [2.75, 3.05) is 11.1 Å². The number of hydrogen-bond acceptors (Lipinski definition) is 4. The van der Waals surface area contributed by atoms with Crippen LogP contribution in [0.4, 0.5) is 11.4 Å². The Hall–Kier alpha value is -1.55. The molecule has 0 aliphatic rings. The molecule has 1 heterocycles. The Morgan fingerprint density at radius 3 is 2.83 bits per heavy atom. The fourth-order valence-electron chi connectivity index (χ4n) is 1.79. The number of nitrogen functional groups attached to an aromatic ring is 1. The molecule has 0 bridgehead atoms. The highest BCUT2D eigenvalue weighted by Crippen LogP contribution is 2.27. The predicted molar refractivity (Wildman–Crippen MR) is 79.1 cm³/mol. The number of aromatic nitrogens is 1. The number of hydrogen-bond donors (Lipinski definition) is 2. The maximum Gasteiger partial charge on any atom is 0.115 e. The van der Waals surface area contributed by atoms with E-state index in [0.29, 0.717) is 0 Å². The van der Waals surface area contributed by atoms with Crippen molar-refractivity contribution < 1.29 is 0 Å². The lowest BCUT2D eigenvalue weighted by Gasteiger charge is -2.15. The van der Waals surface area contributed by atoms with Crippen molar-refractivity contribution in [3.63, 3.8) is 0 Å². The van der Waals surface area contributed by atoms with Crippen LogP contribution in [0, 0.1) is 6.92 Å². The third-order valence-electron chi connectivity index (χ3n) is 2.87. The molecule has 0 saturated carbocycles. The number of nitrogens with one attached hydrogen (secondary N) is 1.